The van der Waals surface area contributed by atoms with Crippen LogP contribution in [0.1, 0.15) is 41.4 Å². The van der Waals surface area contributed by atoms with Gasteiger partial charge in [-0.1, -0.05) is 24.3 Å². The molecule has 8 nitrogen and oxygen atoms in total. The number of rotatable bonds is 4. The number of likely N-dealkylation sites (tertiary alicyclic amines) is 1. The molecule has 35 heavy (non-hydrogen) atoms. The molecule has 0 aliphatic carbocycles. The topological polar surface area (TPSA) is 70.4 Å². The van der Waals surface area contributed by atoms with Crippen molar-refractivity contribution in [2.24, 2.45) is 0 Å². The van der Waals surface area contributed by atoms with Gasteiger partial charge in [0, 0.05) is 50.5 Å². The third-order valence-electron chi connectivity index (χ3n) is 7.70. The van der Waals surface area contributed by atoms with Crippen LogP contribution in [0, 0.1) is 0 Å². The summed E-state index contributed by atoms with van der Waals surface area (Å²) in [7, 11) is 0. The van der Waals surface area contributed by atoms with E-state index in [2.05, 4.69) is 28.1 Å². The quantitative estimate of drug-likeness (QED) is 0.582. The van der Waals surface area contributed by atoms with Crippen LogP contribution in [0.4, 0.5) is 0 Å². The van der Waals surface area contributed by atoms with E-state index in [1.807, 2.05) is 64.7 Å². The Bertz CT molecular complexity index is 1270. The number of carbonyl (C=O) groups is 2. The number of fused-ring (bicyclic) bond motifs is 2. The van der Waals surface area contributed by atoms with Crippen molar-refractivity contribution in [1.29, 1.82) is 0 Å². The Balaban J connectivity index is 1.37. The molecule has 182 valence electrons. The fourth-order valence-corrected chi connectivity index (χ4v) is 6.29. The van der Waals surface area contributed by atoms with Gasteiger partial charge in [0.2, 0.25) is 5.91 Å². The third-order valence-corrected chi connectivity index (χ3v) is 7.70. The number of amides is 2. The second kappa shape index (κ2) is 8.46. The minimum absolute atomic E-state index is 0.0196. The maximum absolute atomic E-state index is 14.1. The molecule has 6 rings (SSSR count). The predicted octanol–water partition coefficient (Wildman–Crippen LogP) is 2.40. The number of aromatic nitrogens is 2. The van der Waals surface area contributed by atoms with Gasteiger partial charge in [0.05, 0.1) is 36.6 Å². The van der Waals surface area contributed by atoms with Gasteiger partial charge in [0.25, 0.3) is 5.91 Å². The monoisotopic (exact) mass is 473 g/mol. The minimum atomic E-state index is -0.574. The Labute approximate surface area is 205 Å². The second-order valence-electron chi connectivity index (χ2n) is 10.2. The summed E-state index contributed by atoms with van der Waals surface area (Å²) in [5.74, 6) is -0.264. The van der Waals surface area contributed by atoms with Crippen LogP contribution in [0.25, 0.3) is 5.65 Å². The number of nitrogens with zero attached hydrogens (tertiary/aromatic N) is 5. The van der Waals surface area contributed by atoms with Gasteiger partial charge >= 0.3 is 0 Å². The molecule has 1 atom stereocenters. The predicted molar refractivity (Wildman–Crippen MR) is 131 cm³/mol. The van der Waals surface area contributed by atoms with E-state index in [0.717, 1.165) is 16.9 Å². The van der Waals surface area contributed by atoms with Crippen molar-refractivity contribution >= 4 is 17.5 Å². The molecule has 0 saturated carbocycles. The molecule has 3 aromatic rings. The van der Waals surface area contributed by atoms with Crippen molar-refractivity contribution in [3.8, 4) is 0 Å². The lowest BCUT2D eigenvalue weighted by Crippen LogP contribution is -2.77. The summed E-state index contributed by atoms with van der Waals surface area (Å²) in [6, 6.07) is 13.6. The van der Waals surface area contributed by atoms with Crippen LogP contribution in [0.3, 0.4) is 0 Å². The van der Waals surface area contributed by atoms with Gasteiger partial charge < -0.3 is 18.9 Å². The fourth-order valence-electron chi connectivity index (χ4n) is 6.29. The zero-order valence-corrected chi connectivity index (χ0v) is 20.3. The normalized spacial score (nSPS) is 22.0. The average Bonchev–Trinajstić information content (AvgIpc) is 3.26. The van der Waals surface area contributed by atoms with E-state index in [1.165, 1.54) is 0 Å². The van der Waals surface area contributed by atoms with Crippen LogP contribution in [0.15, 0.2) is 54.9 Å². The van der Waals surface area contributed by atoms with Gasteiger partial charge in [0.1, 0.15) is 5.65 Å². The Morgan fingerprint density at radius 1 is 1.11 bits per heavy atom. The van der Waals surface area contributed by atoms with Gasteiger partial charge in [-0.05, 0) is 37.6 Å². The molecule has 0 radical (unpaired) electrons. The molecule has 8 heteroatoms. The van der Waals surface area contributed by atoms with E-state index in [4.69, 9.17) is 4.74 Å². The van der Waals surface area contributed by atoms with E-state index in [0.29, 0.717) is 51.5 Å². The molecule has 1 unspecified atom stereocenters. The number of ether oxygens (including phenoxy) is 1. The molecule has 2 saturated heterocycles. The number of pyridine rings is 1. The van der Waals surface area contributed by atoms with Crippen molar-refractivity contribution in [2.75, 3.05) is 39.4 Å². The summed E-state index contributed by atoms with van der Waals surface area (Å²) in [5, 5.41) is 0. The van der Waals surface area contributed by atoms with Crippen LogP contribution in [-0.2, 0) is 16.1 Å². The standard InChI is InChI=1S/C27H31N5O3/c1-19(2)32-25(33)22-8-4-3-7-21(22)24(26(34)30-11-13-35-14-12-30)27(32)17-29(18-27)16-20-15-28-23-9-5-6-10-31(20)23/h3-10,15,19,24H,11-14,16-18H2,1-2H3. The van der Waals surface area contributed by atoms with Crippen molar-refractivity contribution in [3.05, 3.63) is 71.7 Å². The van der Waals surface area contributed by atoms with E-state index < -0.39 is 11.5 Å². The summed E-state index contributed by atoms with van der Waals surface area (Å²) >= 11 is 0. The molecule has 0 bridgehead atoms. The number of benzene rings is 1. The molecule has 1 spiro atoms. The molecule has 5 heterocycles. The van der Waals surface area contributed by atoms with E-state index >= 15 is 0 Å². The molecule has 2 amide bonds. The molecule has 2 fully saturated rings. The van der Waals surface area contributed by atoms with Crippen LogP contribution in [0.5, 0.6) is 0 Å². The van der Waals surface area contributed by atoms with Crippen LogP contribution in [0.2, 0.25) is 0 Å². The van der Waals surface area contributed by atoms with Gasteiger partial charge in [0.15, 0.2) is 0 Å². The van der Waals surface area contributed by atoms with E-state index in [9.17, 15) is 9.59 Å². The highest BCUT2D eigenvalue weighted by atomic mass is 16.5. The number of imidazole rings is 1. The first-order valence-corrected chi connectivity index (χ1v) is 12.4. The lowest BCUT2D eigenvalue weighted by molar-refractivity contribution is -0.148. The molecule has 0 N–H and O–H groups in total. The summed E-state index contributed by atoms with van der Waals surface area (Å²) in [5.41, 5.74) is 2.96. The van der Waals surface area contributed by atoms with Crippen LogP contribution >= 0.6 is 0 Å². The smallest absolute Gasteiger partial charge is 0.254 e. The Kier molecular flexibility index (Phi) is 5.38. The molecular weight excluding hydrogens is 442 g/mol. The van der Waals surface area contributed by atoms with E-state index in [-0.39, 0.29) is 17.9 Å². The molecular formula is C27H31N5O3. The summed E-state index contributed by atoms with van der Waals surface area (Å²) in [6.45, 7) is 8.41. The highest BCUT2D eigenvalue weighted by Gasteiger charge is 2.61. The summed E-state index contributed by atoms with van der Waals surface area (Å²) in [6.07, 6.45) is 3.94. The molecule has 1 aromatic carbocycles. The summed E-state index contributed by atoms with van der Waals surface area (Å²) < 4.78 is 7.61. The van der Waals surface area contributed by atoms with Crippen LogP contribution < -0.4 is 0 Å². The first-order valence-electron chi connectivity index (χ1n) is 12.4. The molecule has 2 aromatic heterocycles. The fraction of sp³-hybridized carbons (Fsp3) is 0.444. The van der Waals surface area contributed by atoms with Gasteiger partial charge in [-0.25, -0.2) is 4.98 Å². The Morgan fingerprint density at radius 3 is 2.63 bits per heavy atom. The number of carbonyl (C=O) groups excluding carboxylic acids is 2. The highest BCUT2D eigenvalue weighted by molar-refractivity contribution is 6.02. The summed E-state index contributed by atoms with van der Waals surface area (Å²) in [4.78, 5) is 38.6. The van der Waals surface area contributed by atoms with Crippen LogP contribution in [-0.4, -0.2) is 86.9 Å². The zero-order valence-electron chi connectivity index (χ0n) is 20.3. The molecule has 3 aliphatic heterocycles. The SMILES string of the molecule is CC(C)N1C(=O)c2ccccc2C(C(=O)N2CCOCC2)C12CN(Cc1cnc3ccccn13)C2. The van der Waals surface area contributed by atoms with Crippen molar-refractivity contribution in [3.63, 3.8) is 0 Å². The highest BCUT2D eigenvalue weighted by Crippen LogP contribution is 2.48. The van der Waals surface area contributed by atoms with Crippen molar-refractivity contribution in [1.82, 2.24) is 24.1 Å². The van der Waals surface area contributed by atoms with Gasteiger partial charge in [-0.2, -0.15) is 0 Å². The lowest BCUT2D eigenvalue weighted by atomic mass is 9.67. The first kappa shape index (κ1) is 22.2. The van der Waals surface area contributed by atoms with Gasteiger partial charge in [-0.15, -0.1) is 0 Å². The number of morpholine rings is 1. The second-order valence-corrected chi connectivity index (χ2v) is 10.2. The lowest BCUT2D eigenvalue weighted by Gasteiger charge is -2.62. The third kappa shape index (κ3) is 3.46. The number of hydrogen-bond donors (Lipinski definition) is 0. The average molecular weight is 474 g/mol. The number of hydrogen-bond acceptors (Lipinski definition) is 5. The molecule has 3 aliphatic rings. The van der Waals surface area contributed by atoms with Gasteiger partial charge in [-0.3, -0.25) is 14.5 Å². The Hall–Kier alpha value is -3.23. The maximum Gasteiger partial charge on any atom is 0.254 e. The van der Waals surface area contributed by atoms with Crippen molar-refractivity contribution < 1.29 is 14.3 Å². The van der Waals surface area contributed by atoms with Crippen molar-refractivity contribution in [2.45, 2.75) is 37.9 Å². The Morgan fingerprint density at radius 2 is 1.86 bits per heavy atom. The van der Waals surface area contributed by atoms with E-state index in [1.54, 1.807) is 0 Å². The maximum atomic E-state index is 14.1. The minimum Gasteiger partial charge on any atom is -0.378 e. The first-order chi connectivity index (χ1) is 17.0. The largest absolute Gasteiger partial charge is 0.378 e. The zero-order chi connectivity index (χ0) is 24.2.